The summed E-state index contributed by atoms with van der Waals surface area (Å²) < 4.78 is 19.1. The summed E-state index contributed by atoms with van der Waals surface area (Å²) in [6, 6.07) is 11.1. The van der Waals surface area contributed by atoms with Crippen molar-refractivity contribution < 1.29 is 23.8 Å². The van der Waals surface area contributed by atoms with Crippen molar-refractivity contribution in [3.05, 3.63) is 71.0 Å². The molecule has 1 unspecified atom stereocenters. The number of carbonyl (C=O) groups excluding carboxylic acids is 2. The highest BCUT2D eigenvalue weighted by atomic mass is 19.1. The number of benzene rings is 2. The highest BCUT2D eigenvalue weighted by Gasteiger charge is 2.40. The Morgan fingerprint density at radius 3 is 2.42 bits per heavy atom. The molecule has 5 nitrogen and oxygen atoms in total. The zero-order valence-electron chi connectivity index (χ0n) is 12.7. The Morgan fingerprint density at radius 2 is 1.79 bits per heavy atom. The quantitative estimate of drug-likeness (QED) is 0.516. The highest BCUT2D eigenvalue weighted by molar-refractivity contribution is 6.46. The molecule has 0 bridgehead atoms. The van der Waals surface area contributed by atoms with Crippen molar-refractivity contribution in [2.24, 2.45) is 0 Å². The number of carbonyl (C=O) groups is 2. The zero-order valence-corrected chi connectivity index (χ0v) is 12.7. The molecule has 122 valence electrons. The Labute approximate surface area is 137 Å². The van der Waals surface area contributed by atoms with E-state index in [4.69, 9.17) is 4.74 Å². The first-order valence-corrected chi connectivity index (χ1v) is 7.20. The van der Waals surface area contributed by atoms with E-state index in [1.165, 1.54) is 25.3 Å². The van der Waals surface area contributed by atoms with Crippen LogP contribution in [0.3, 0.4) is 0 Å². The maximum atomic E-state index is 14.1. The standard InChI is InChI=1S/C18H14FNO4/c1-24-11-8-6-10(7-9-11)16(21)14-15(20-18(23)17(14)22)12-4-2-3-5-13(12)19/h2-9,15,21H,1H3,(H,20,23)/b16-14-. The van der Waals surface area contributed by atoms with Crippen LogP contribution in [0, 0.1) is 5.82 Å². The third-order valence-corrected chi connectivity index (χ3v) is 3.85. The van der Waals surface area contributed by atoms with E-state index in [2.05, 4.69) is 5.32 Å². The van der Waals surface area contributed by atoms with Crippen molar-refractivity contribution in [2.45, 2.75) is 6.04 Å². The van der Waals surface area contributed by atoms with E-state index >= 15 is 0 Å². The number of rotatable bonds is 3. The van der Waals surface area contributed by atoms with E-state index < -0.39 is 23.5 Å². The monoisotopic (exact) mass is 327 g/mol. The van der Waals surface area contributed by atoms with Gasteiger partial charge < -0.3 is 15.2 Å². The number of halogens is 1. The third-order valence-electron chi connectivity index (χ3n) is 3.85. The van der Waals surface area contributed by atoms with Gasteiger partial charge in [0.25, 0.3) is 11.7 Å². The van der Waals surface area contributed by atoms with Crippen LogP contribution in [-0.4, -0.2) is 23.9 Å². The Morgan fingerprint density at radius 1 is 1.12 bits per heavy atom. The van der Waals surface area contributed by atoms with Gasteiger partial charge in [0, 0.05) is 11.1 Å². The molecular formula is C18H14FNO4. The Kier molecular flexibility index (Phi) is 4.04. The number of methoxy groups -OCH3 is 1. The van der Waals surface area contributed by atoms with Crippen molar-refractivity contribution in [1.82, 2.24) is 5.32 Å². The Balaban J connectivity index is 2.11. The Hall–Kier alpha value is -3.15. The number of hydrogen-bond acceptors (Lipinski definition) is 4. The van der Waals surface area contributed by atoms with E-state index in [0.29, 0.717) is 11.3 Å². The fraction of sp³-hybridized carbons (Fsp3) is 0.111. The second-order valence-corrected chi connectivity index (χ2v) is 5.25. The molecular weight excluding hydrogens is 313 g/mol. The van der Waals surface area contributed by atoms with E-state index in [1.807, 2.05) is 0 Å². The minimum Gasteiger partial charge on any atom is -0.507 e. The summed E-state index contributed by atoms with van der Waals surface area (Å²) in [6.07, 6.45) is 0. The molecule has 24 heavy (non-hydrogen) atoms. The molecule has 0 aliphatic carbocycles. The van der Waals surface area contributed by atoms with Gasteiger partial charge in [-0.2, -0.15) is 0 Å². The summed E-state index contributed by atoms with van der Waals surface area (Å²) in [5, 5.41) is 12.9. The lowest BCUT2D eigenvalue weighted by Crippen LogP contribution is -2.21. The van der Waals surface area contributed by atoms with Gasteiger partial charge in [0.15, 0.2) is 0 Å². The Bertz CT molecular complexity index is 842. The van der Waals surface area contributed by atoms with Gasteiger partial charge in [-0.3, -0.25) is 9.59 Å². The summed E-state index contributed by atoms with van der Waals surface area (Å²) in [5.41, 5.74) is 0.277. The molecule has 0 spiro atoms. The van der Waals surface area contributed by atoms with Crippen LogP contribution >= 0.6 is 0 Å². The first kappa shape index (κ1) is 15.7. The van der Waals surface area contributed by atoms with Crippen molar-refractivity contribution >= 4 is 17.4 Å². The molecule has 1 heterocycles. The van der Waals surface area contributed by atoms with Crippen LogP contribution in [0.2, 0.25) is 0 Å². The minimum absolute atomic E-state index is 0.117. The molecule has 1 fully saturated rings. The van der Waals surface area contributed by atoms with Gasteiger partial charge in [-0.25, -0.2) is 4.39 Å². The van der Waals surface area contributed by atoms with Gasteiger partial charge >= 0.3 is 0 Å². The molecule has 6 heteroatoms. The molecule has 1 amide bonds. The predicted molar refractivity (Wildman–Crippen MR) is 84.8 cm³/mol. The lowest BCUT2D eigenvalue weighted by atomic mass is 9.95. The molecule has 2 aromatic carbocycles. The normalized spacial score (nSPS) is 19.2. The van der Waals surface area contributed by atoms with Crippen LogP contribution in [0.25, 0.3) is 5.76 Å². The molecule has 1 aliphatic heterocycles. The van der Waals surface area contributed by atoms with Gasteiger partial charge in [-0.05, 0) is 30.3 Å². The fourth-order valence-corrected chi connectivity index (χ4v) is 2.61. The molecule has 2 N–H and O–H groups in total. The summed E-state index contributed by atoms with van der Waals surface area (Å²) in [6.45, 7) is 0. The second kappa shape index (κ2) is 6.16. The van der Waals surface area contributed by atoms with Crippen molar-refractivity contribution in [2.75, 3.05) is 7.11 Å². The second-order valence-electron chi connectivity index (χ2n) is 5.25. The maximum Gasteiger partial charge on any atom is 0.293 e. The van der Waals surface area contributed by atoms with Gasteiger partial charge in [0.1, 0.15) is 17.3 Å². The van der Waals surface area contributed by atoms with Crippen LogP contribution in [0.15, 0.2) is 54.1 Å². The molecule has 0 aromatic heterocycles. The fourth-order valence-electron chi connectivity index (χ4n) is 2.61. The third kappa shape index (κ3) is 2.62. The summed E-state index contributed by atoms with van der Waals surface area (Å²) in [5.74, 6) is -2.11. The molecule has 1 atom stereocenters. The lowest BCUT2D eigenvalue weighted by molar-refractivity contribution is -0.133. The largest absolute Gasteiger partial charge is 0.507 e. The van der Waals surface area contributed by atoms with Crippen LogP contribution in [0.4, 0.5) is 4.39 Å². The first-order chi connectivity index (χ1) is 11.5. The molecule has 1 saturated heterocycles. The number of ether oxygens (including phenoxy) is 1. The summed E-state index contributed by atoms with van der Waals surface area (Å²) >= 11 is 0. The number of amides is 1. The van der Waals surface area contributed by atoms with Crippen LogP contribution in [0.5, 0.6) is 5.75 Å². The molecule has 0 saturated carbocycles. The average Bonchev–Trinajstić information content (AvgIpc) is 2.90. The van der Waals surface area contributed by atoms with Gasteiger partial charge in [-0.15, -0.1) is 0 Å². The maximum absolute atomic E-state index is 14.1. The van der Waals surface area contributed by atoms with Crippen molar-refractivity contribution in [3.63, 3.8) is 0 Å². The number of Topliss-reactive ketones (excluding diaryl/α,β-unsaturated/α-hetero) is 1. The van der Waals surface area contributed by atoms with Crippen LogP contribution in [-0.2, 0) is 9.59 Å². The predicted octanol–water partition coefficient (Wildman–Crippen LogP) is 2.54. The van der Waals surface area contributed by atoms with Gasteiger partial charge in [-0.1, -0.05) is 18.2 Å². The number of aliphatic hydroxyl groups is 1. The summed E-state index contributed by atoms with van der Waals surface area (Å²) in [7, 11) is 1.50. The number of aliphatic hydroxyl groups excluding tert-OH is 1. The van der Waals surface area contributed by atoms with E-state index in [1.54, 1.807) is 30.3 Å². The number of ketones is 1. The number of hydrogen-bond donors (Lipinski definition) is 2. The lowest BCUT2D eigenvalue weighted by Gasteiger charge is -2.14. The average molecular weight is 327 g/mol. The molecule has 3 rings (SSSR count). The summed E-state index contributed by atoms with van der Waals surface area (Å²) in [4.78, 5) is 23.9. The highest BCUT2D eigenvalue weighted by Crippen LogP contribution is 2.34. The minimum atomic E-state index is -1.03. The van der Waals surface area contributed by atoms with Gasteiger partial charge in [0.2, 0.25) is 0 Å². The first-order valence-electron chi connectivity index (χ1n) is 7.20. The van der Waals surface area contributed by atoms with Crippen LogP contribution < -0.4 is 10.1 Å². The van der Waals surface area contributed by atoms with E-state index in [9.17, 15) is 19.1 Å². The van der Waals surface area contributed by atoms with E-state index in [0.717, 1.165) is 0 Å². The smallest absolute Gasteiger partial charge is 0.293 e. The SMILES string of the molecule is COc1ccc(/C(O)=C2/C(=O)C(=O)NC2c2ccccc2F)cc1. The van der Waals surface area contributed by atoms with Crippen molar-refractivity contribution in [3.8, 4) is 5.75 Å². The molecule has 0 radical (unpaired) electrons. The van der Waals surface area contributed by atoms with Crippen molar-refractivity contribution in [1.29, 1.82) is 0 Å². The molecule has 2 aromatic rings. The van der Waals surface area contributed by atoms with Crippen LogP contribution in [0.1, 0.15) is 17.2 Å². The zero-order chi connectivity index (χ0) is 17.3. The topological polar surface area (TPSA) is 75.6 Å². The molecule has 1 aliphatic rings. The number of nitrogens with one attached hydrogen (secondary N) is 1. The van der Waals surface area contributed by atoms with E-state index in [-0.39, 0.29) is 16.9 Å². The van der Waals surface area contributed by atoms with Gasteiger partial charge in [0.05, 0.1) is 18.7 Å².